The summed E-state index contributed by atoms with van der Waals surface area (Å²) in [6, 6.07) is 10.5. The van der Waals surface area contributed by atoms with E-state index in [1.165, 1.54) is 30.5 Å². The molecule has 0 spiro atoms. The molecule has 0 fully saturated rings. The summed E-state index contributed by atoms with van der Waals surface area (Å²) in [6.45, 7) is 7.28. The van der Waals surface area contributed by atoms with Crippen LogP contribution < -0.4 is 4.74 Å². The minimum Gasteiger partial charge on any atom is -0.483 e. The molecule has 0 unspecified atom stereocenters. The molecule has 7 rings (SSSR count). The van der Waals surface area contributed by atoms with E-state index in [9.17, 15) is 14.0 Å². The molecule has 0 saturated carbocycles. The van der Waals surface area contributed by atoms with E-state index < -0.39 is 36.0 Å². The largest absolute Gasteiger partial charge is 0.483 e. The van der Waals surface area contributed by atoms with E-state index in [1.807, 2.05) is 55.9 Å². The molecule has 4 aromatic heterocycles. The van der Waals surface area contributed by atoms with Crippen molar-refractivity contribution in [2.45, 2.75) is 25.9 Å². The second-order valence-electron chi connectivity index (χ2n) is 12.6. The van der Waals surface area contributed by atoms with Gasteiger partial charge < -0.3 is 19.1 Å². The predicted octanol–water partition coefficient (Wildman–Crippen LogP) is 7.52. The average Bonchev–Trinajstić information content (AvgIpc) is 3.81. The number of thiophene rings is 1. The number of fused-ring (bicyclic) bond motifs is 3. The summed E-state index contributed by atoms with van der Waals surface area (Å²) in [7, 11) is 5.00. The van der Waals surface area contributed by atoms with E-state index in [4.69, 9.17) is 14.8 Å². The van der Waals surface area contributed by atoms with Gasteiger partial charge in [-0.25, -0.2) is 18.2 Å². The SMILES string of the molecule is C=CC(=O)N1C[C@H](C)n2nc(-c3nc(-c4ccc5c(ccn5C)c4)c4scc(F)c4c3-c3c(F)cc(F)cc3OCC(=O)N(C)C)cc2[C@H]1C. The lowest BCUT2D eigenvalue weighted by atomic mass is 9.94. The second-order valence-corrected chi connectivity index (χ2v) is 13.5. The van der Waals surface area contributed by atoms with Gasteiger partial charge >= 0.3 is 0 Å². The van der Waals surface area contributed by atoms with Crippen LogP contribution in [-0.4, -0.2) is 68.2 Å². The number of likely N-dealkylation sites (N-methyl/N-ethyl adjacent to an activating group) is 1. The lowest BCUT2D eigenvalue weighted by Gasteiger charge is -2.36. The van der Waals surface area contributed by atoms with Gasteiger partial charge in [0.25, 0.3) is 5.91 Å². The molecule has 256 valence electrons. The standard InChI is InChI=1S/C37H33F3N6O3S/c1-7-30(47)45-16-19(2)46-28(20(45)3)15-26(42-46)36-34(32-24(39)13-23(38)14-29(32)49-17-31(48)43(4)5)33-25(40)18-50-37(33)35(41-36)22-8-9-27-21(12-22)10-11-44(27)6/h7-15,18-20H,1,16-17H2,2-6H3/t19-,20+/m0/s1. The zero-order valence-corrected chi connectivity index (χ0v) is 28.8. The van der Waals surface area contributed by atoms with Crippen LogP contribution in [0.5, 0.6) is 5.75 Å². The Kier molecular flexibility index (Phi) is 8.25. The van der Waals surface area contributed by atoms with Crippen molar-refractivity contribution in [1.82, 2.24) is 29.1 Å². The Bertz CT molecular complexity index is 2360. The van der Waals surface area contributed by atoms with Crippen molar-refractivity contribution in [3.05, 3.63) is 89.8 Å². The zero-order chi connectivity index (χ0) is 35.6. The summed E-state index contributed by atoms with van der Waals surface area (Å²) in [6.07, 6.45) is 3.20. The molecule has 1 aliphatic heterocycles. The second kappa shape index (κ2) is 12.5. The number of rotatable bonds is 7. The van der Waals surface area contributed by atoms with E-state index in [0.29, 0.717) is 34.3 Å². The predicted molar refractivity (Wildman–Crippen MR) is 187 cm³/mol. The van der Waals surface area contributed by atoms with Crippen molar-refractivity contribution in [3.8, 4) is 39.5 Å². The maximum Gasteiger partial charge on any atom is 0.259 e. The highest BCUT2D eigenvalue weighted by Crippen LogP contribution is 2.48. The Hall–Kier alpha value is -5.43. The molecule has 0 N–H and O–H groups in total. The van der Waals surface area contributed by atoms with Gasteiger partial charge in [-0.3, -0.25) is 14.3 Å². The molecule has 13 heteroatoms. The Balaban J connectivity index is 1.54. The number of halogens is 3. The number of carbonyl (C=O) groups is 2. The van der Waals surface area contributed by atoms with E-state index >= 15 is 8.78 Å². The van der Waals surface area contributed by atoms with Crippen LogP contribution in [0.25, 0.3) is 54.8 Å². The summed E-state index contributed by atoms with van der Waals surface area (Å²) in [5, 5.41) is 7.23. The number of pyridine rings is 1. The van der Waals surface area contributed by atoms with E-state index in [2.05, 4.69) is 6.58 Å². The number of ether oxygens (including phenoxy) is 1. The fraction of sp³-hybridized carbons (Fsp3) is 0.243. The molecule has 6 aromatic rings. The summed E-state index contributed by atoms with van der Waals surface area (Å²) in [4.78, 5) is 33.4. The summed E-state index contributed by atoms with van der Waals surface area (Å²) in [5.41, 5.74) is 2.97. The number of benzene rings is 2. The van der Waals surface area contributed by atoms with Crippen molar-refractivity contribution in [3.63, 3.8) is 0 Å². The van der Waals surface area contributed by atoms with Gasteiger partial charge in [-0.05, 0) is 44.2 Å². The number of hydrogen-bond donors (Lipinski definition) is 0. The van der Waals surface area contributed by atoms with Crippen LogP contribution in [0.15, 0.2) is 66.7 Å². The quantitative estimate of drug-likeness (QED) is 0.161. The smallest absolute Gasteiger partial charge is 0.259 e. The molecule has 2 atom stereocenters. The number of aryl methyl sites for hydroxylation is 1. The molecule has 0 saturated heterocycles. The van der Waals surface area contributed by atoms with Gasteiger partial charge in [0, 0.05) is 78.8 Å². The third-order valence-corrected chi connectivity index (χ3v) is 10.1. The highest BCUT2D eigenvalue weighted by molar-refractivity contribution is 7.17. The monoisotopic (exact) mass is 698 g/mol. The van der Waals surface area contributed by atoms with Crippen molar-refractivity contribution < 1.29 is 27.5 Å². The first-order valence-electron chi connectivity index (χ1n) is 15.9. The number of amides is 2. The first-order chi connectivity index (χ1) is 23.9. The van der Waals surface area contributed by atoms with Crippen LogP contribution in [0.3, 0.4) is 0 Å². The van der Waals surface area contributed by atoms with Crippen molar-refractivity contribution in [2.75, 3.05) is 27.2 Å². The van der Waals surface area contributed by atoms with Crippen LogP contribution >= 0.6 is 11.3 Å². The average molecular weight is 699 g/mol. The van der Waals surface area contributed by atoms with Gasteiger partial charge in [0.1, 0.15) is 34.6 Å². The Labute approximate surface area is 289 Å². The van der Waals surface area contributed by atoms with Gasteiger partial charge in [-0.1, -0.05) is 12.6 Å². The van der Waals surface area contributed by atoms with Crippen LogP contribution in [0, 0.1) is 17.5 Å². The number of carbonyl (C=O) groups excluding carboxylic acids is 2. The molecule has 0 aliphatic carbocycles. The van der Waals surface area contributed by atoms with E-state index in [1.54, 1.807) is 15.6 Å². The van der Waals surface area contributed by atoms with Crippen LogP contribution in [0.4, 0.5) is 13.2 Å². The molecule has 1 aliphatic rings. The van der Waals surface area contributed by atoms with Crippen molar-refractivity contribution in [1.29, 1.82) is 0 Å². The number of aromatic nitrogens is 4. The Morgan fingerprint density at radius 2 is 1.84 bits per heavy atom. The molecule has 9 nitrogen and oxygen atoms in total. The van der Waals surface area contributed by atoms with Gasteiger partial charge in [0.2, 0.25) is 5.91 Å². The fourth-order valence-corrected chi connectivity index (χ4v) is 7.51. The summed E-state index contributed by atoms with van der Waals surface area (Å²) >= 11 is 1.11. The molecule has 0 bridgehead atoms. The molecule has 2 aromatic carbocycles. The van der Waals surface area contributed by atoms with Crippen LogP contribution in [-0.2, 0) is 16.6 Å². The molecule has 5 heterocycles. The van der Waals surface area contributed by atoms with Gasteiger partial charge in [-0.15, -0.1) is 11.3 Å². The maximum absolute atomic E-state index is 16.2. The van der Waals surface area contributed by atoms with E-state index in [0.717, 1.165) is 28.3 Å². The third kappa shape index (κ3) is 5.41. The Morgan fingerprint density at radius 1 is 1.06 bits per heavy atom. The number of nitrogens with zero attached hydrogens (tertiary/aromatic N) is 6. The zero-order valence-electron chi connectivity index (χ0n) is 28.0. The topological polar surface area (TPSA) is 85.5 Å². The summed E-state index contributed by atoms with van der Waals surface area (Å²) < 4.78 is 57.2. The number of hydrogen-bond acceptors (Lipinski definition) is 6. The van der Waals surface area contributed by atoms with Crippen molar-refractivity contribution >= 4 is 44.1 Å². The fourth-order valence-electron chi connectivity index (χ4n) is 6.58. The molecule has 0 radical (unpaired) electrons. The third-order valence-electron chi connectivity index (χ3n) is 9.19. The van der Waals surface area contributed by atoms with Crippen molar-refractivity contribution in [2.24, 2.45) is 7.05 Å². The maximum atomic E-state index is 16.2. The Morgan fingerprint density at radius 3 is 2.58 bits per heavy atom. The molecular formula is C37H33F3N6O3S. The minimum atomic E-state index is -1.03. The molecule has 2 amide bonds. The lowest BCUT2D eigenvalue weighted by molar-refractivity contribution is -0.131. The summed E-state index contributed by atoms with van der Waals surface area (Å²) in [5.74, 6) is -3.58. The van der Waals surface area contributed by atoms with Gasteiger partial charge in [0.05, 0.1) is 33.7 Å². The first-order valence-corrected chi connectivity index (χ1v) is 16.8. The molecule has 50 heavy (non-hydrogen) atoms. The van der Waals surface area contributed by atoms with Gasteiger partial charge in [-0.2, -0.15) is 5.10 Å². The highest BCUT2D eigenvalue weighted by atomic mass is 32.1. The van der Waals surface area contributed by atoms with Crippen LogP contribution in [0.2, 0.25) is 0 Å². The highest BCUT2D eigenvalue weighted by Gasteiger charge is 2.34. The first kappa shape index (κ1) is 33.1. The molecular weight excluding hydrogens is 666 g/mol. The minimum absolute atomic E-state index is 0.00266. The van der Waals surface area contributed by atoms with E-state index in [-0.39, 0.29) is 45.6 Å². The lowest BCUT2D eigenvalue weighted by Crippen LogP contribution is -2.42. The van der Waals surface area contributed by atoms with Gasteiger partial charge in [0.15, 0.2) is 6.61 Å². The normalized spacial score (nSPS) is 15.8. The van der Waals surface area contributed by atoms with Crippen LogP contribution in [0.1, 0.15) is 31.6 Å².